The highest BCUT2D eigenvalue weighted by Gasteiger charge is 2.16. The van der Waals surface area contributed by atoms with Crippen molar-refractivity contribution in [2.75, 3.05) is 0 Å². The summed E-state index contributed by atoms with van der Waals surface area (Å²) in [5, 5.41) is 35.7. The molecule has 1 aromatic carbocycles. The van der Waals surface area contributed by atoms with Crippen molar-refractivity contribution in [3.8, 4) is 11.9 Å². The smallest absolute Gasteiger partial charge is 0.281 e. The van der Waals surface area contributed by atoms with Gasteiger partial charge in [-0.25, -0.2) is 0 Å². The van der Waals surface area contributed by atoms with Crippen LogP contribution in [0.15, 0.2) is 39.3 Å². The van der Waals surface area contributed by atoms with Gasteiger partial charge in [-0.15, -0.1) is 5.11 Å². The van der Waals surface area contributed by atoms with Crippen molar-refractivity contribution in [2.45, 2.75) is 13.5 Å². The standard InChI is InChI=1S/C15H14N4O3/c1-9-12(7-16)14(21)19(2)15(22)13(9)18-17-11-5-3-10(8-20)4-6-11/h3-6,20-21H,8H2,1-2H3. The molecule has 0 bridgehead atoms. The van der Waals surface area contributed by atoms with Crippen LogP contribution in [-0.4, -0.2) is 14.8 Å². The van der Waals surface area contributed by atoms with Crippen molar-refractivity contribution in [3.63, 3.8) is 0 Å². The Morgan fingerprint density at radius 1 is 1.27 bits per heavy atom. The van der Waals surface area contributed by atoms with Gasteiger partial charge in [-0.1, -0.05) is 12.1 Å². The normalized spacial score (nSPS) is 10.8. The number of aromatic hydroxyl groups is 1. The Balaban J connectivity index is 2.49. The zero-order valence-electron chi connectivity index (χ0n) is 12.1. The fraction of sp³-hybridized carbons (Fsp3) is 0.200. The Bertz CT molecular complexity index is 830. The van der Waals surface area contributed by atoms with Crippen LogP contribution < -0.4 is 5.56 Å². The number of pyridine rings is 1. The van der Waals surface area contributed by atoms with Gasteiger partial charge in [0.2, 0.25) is 5.88 Å². The number of rotatable bonds is 3. The monoisotopic (exact) mass is 298 g/mol. The zero-order chi connectivity index (χ0) is 16.3. The lowest BCUT2D eigenvalue weighted by Gasteiger charge is -2.08. The molecule has 0 saturated carbocycles. The van der Waals surface area contributed by atoms with Crippen molar-refractivity contribution in [2.24, 2.45) is 17.3 Å². The van der Waals surface area contributed by atoms with Gasteiger partial charge in [0.15, 0.2) is 5.69 Å². The Morgan fingerprint density at radius 2 is 1.91 bits per heavy atom. The number of hydrogen-bond acceptors (Lipinski definition) is 6. The largest absolute Gasteiger partial charge is 0.493 e. The maximum atomic E-state index is 12.1. The lowest BCUT2D eigenvalue weighted by molar-refractivity contribution is 0.282. The fourth-order valence-corrected chi connectivity index (χ4v) is 1.90. The minimum atomic E-state index is -0.537. The van der Waals surface area contributed by atoms with Crippen LogP contribution in [0.1, 0.15) is 16.7 Å². The third-order valence-electron chi connectivity index (χ3n) is 3.27. The Hall–Kier alpha value is -2.98. The average molecular weight is 298 g/mol. The Kier molecular flexibility index (Phi) is 4.34. The molecule has 0 unspecified atom stereocenters. The molecule has 22 heavy (non-hydrogen) atoms. The second-order valence-corrected chi connectivity index (χ2v) is 4.67. The molecule has 0 atom stereocenters. The summed E-state index contributed by atoms with van der Waals surface area (Å²) in [4.78, 5) is 12.1. The van der Waals surface area contributed by atoms with Gasteiger partial charge < -0.3 is 10.2 Å². The summed E-state index contributed by atoms with van der Waals surface area (Å²) >= 11 is 0. The van der Waals surface area contributed by atoms with Gasteiger partial charge in [-0.2, -0.15) is 10.4 Å². The summed E-state index contributed by atoms with van der Waals surface area (Å²) in [6.45, 7) is 1.46. The van der Waals surface area contributed by atoms with Crippen molar-refractivity contribution in [3.05, 3.63) is 51.3 Å². The van der Waals surface area contributed by atoms with E-state index in [1.165, 1.54) is 14.0 Å². The predicted octanol–water partition coefficient (Wildman–Crippen LogP) is 2.18. The average Bonchev–Trinajstić information content (AvgIpc) is 2.54. The number of nitriles is 1. The van der Waals surface area contributed by atoms with Crippen molar-refractivity contribution >= 4 is 11.4 Å². The number of aliphatic hydroxyl groups excluding tert-OH is 1. The van der Waals surface area contributed by atoms with E-state index in [-0.39, 0.29) is 23.4 Å². The molecular weight excluding hydrogens is 284 g/mol. The molecule has 0 amide bonds. The van der Waals surface area contributed by atoms with Gasteiger partial charge >= 0.3 is 0 Å². The molecule has 2 rings (SSSR count). The number of benzene rings is 1. The first-order chi connectivity index (χ1) is 10.5. The van der Waals surface area contributed by atoms with E-state index in [0.29, 0.717) is 5.69 Å². The van der Waals surface area contributed by atoms with Gasteiger partial charge in [0.1, 0.15) is 11.6 Å². The van der Waals surface area contributed by atoms with Gasteiger partial charge in [0.25, 0.3) is 5.56 Å². The summed E-state index contributed by atoms with van der Waals surface area (Å²) in [6.07, 6.45) is 0. The highest BCUT2D eigenvalue weighted by molar-refractivity contribution is 5.56. The maximum absolute atomic E-state index is 12.1. The molecule has 2 N–H and O–H groups in total. The van der Waals surface area contributed by atoms with Crippen LogP contribution in [0.2, 0.25) is 0 Å². The highest BCUT2D eigenvalue weighted by atomic mass is 16.3. The molecule has 0 fully saturated rings. The summed E-state index contributed by atoms with van der Waals surface area (Å²) in [7, 11) is 1.35. The number of aliphatic hydroxyl groups is 1. The summed E-state index contributed by atoms with van der Waals surface area (Å²) in [5.74, 6) is -0.392. The van der Waals surface area contributed by atoms with E-state index in [2.05, 4.69) is 10.2 Å². The van der Waals surface area contributed by atoms with E-state index in [1.54, 1.807) is 24.3 Å². The molecule has 0 spiro atoms. The Morgan fingerprint density at radius 3 is 2.45 bits per heavy atom. The molecule has 0 aliphatic rings. The lowest BCUT2D eigenvalue weighted by atomic mass is 10.1. The van der Waals surface area contributed by atoms with Crippen molar-refractivity contribution in [1.82, 2.24) is 4.57 Å². The van der Waals surface area contributed by atoms with E-state index in [1.807, 2.05) is 6.07 Å². The molecule has 112 valence electrons. The first-order valence-corrected chi connectivity index (χ1v) is 6.43. The van der Waals surface area contributed by atoms with Gasteiger partial charge in [-0.05, 0) is 24.6 Å². The molecule has 2 aromatic rings. The summed E-state index contributed by atoms with van der Waals surface area (Å²) < 4.78 is 0.953. The van der Waals surface area contributed by atoms with Crippen LogP contribution >= 0.6 is 0 Å². The minimum absolute atomic E-state index is 0.00286. The molecule has 0 saturated heterocycles. The summed E-state index contributed by atoms with van der Waals surface area (Å²) in [6, 6.07) is 8.54. The molecule has 0 aliphatic heterocycles. The first-order valence-electron chi connectivity index (χ1n) is 6.43. The van der Waals surface area contributed by atoms with Crippen LogP contribution in [0.4, 0.5) is 11.4 Å². The molecule has 0 radical (unpaired) electrons. The molecule has 7 nitrogen and oxygen atoms in total. The molecule has 0 aliphatic carbocycles. The second-order valence-electron chi connectivity index (χ2n) is 4.67. The molecule has 7 heteroatoms. The minimum Gasteiger partial charge on any atom is -0.493 e. The number of aromatic nitrogens is 1. The summed E-state index contributed by atoms with van der Waals surface area (Å²) in [5.41, 5.74) is 0.978. The first kappa shape index (κ1) is 15.4. The van der Waals surface area contributed by atoms with E-state index in [0.717, 1.165) is 10.1 Å². The lowest BCUT2D eigenvalue weighted by Crippen LogP contribution is -2.18. The van der Waals surface area contributed by atoms with Crippen molar-refractivity contribution in [1.29, 1.82) is 5.26 Å². The van der Waals surface area contributed by atoms with Gasteiger partial charge in [0, 0.05) is 12.6 Å². The van der Waals surface area contributed by atoms with E-state index in [4.69, 9.17) is 10.4 Å². The molecule has 1 heterocycles. The quantitative estimate of drug-likeness (QED) is 0.846. The van der Waals surface area contributed by atoms with Crippen LogP contribution in [0, 0.1) is 18.3 Å². The number of nitrogens with zero attached hydrogens (tertiary/aromatic N) is 4. The van der Waals surface area contributed by atoms with Crippen LogP contribution in [0.25, 0.3) is 0 Å². The number of hydrogen-bond donors (Lipinski definition) is 2. The molecule has 1 aromatic heterocycles. The predicted molar refractivity (Wildman–Crippen MR) is 79.3 cm³/mol. The third kappa shape index (κ3) is 2.73. The van der Waals surface area contributed by atoms with Crippen molar-refractivity contribution < 1.29 is 10.2 Å². The Labute approximate surface area is 126 Å². The molecular formula is C15H14N4O3. The van der Waals surface area contributed by atoms with Gasteiger partial charge in [-0.3, -0.25) is 9.36 Å². The van der Waals surface area contributed by atoms with Gasteiger partial charge in [0.05, 0.1) is 12.3 Å². The second kappa shape index (κ2) is 6.20. The third-order valence-corrected chi connectivity index (χ3v) is 3.27. The topological polar surface area (TPSA) is 111 Å². The van der Waals surface area contributed by atoms with Crippen LogP contribution in [0.3, 0.4) is 0 Å². The van der Waals surface area contributed by atoms with Crippen LogP contribution in [0.5, 0.6) is 5.88 Å². The SMILES string of the molecule is Cc1c(C#N)c(O)n(C)c(=O)c1N=Nc1ccc(CO)cc1. The fourth-order valence-electron chi connectivity index (χ4n) is 1.90. The highest BCUT2D eigenvalue weighted by Crippen LogP contribution is 2.26. The maximum Gasteiger partial charge on any atom is 0.281 e. The van der Waals surface area contributed by atoms with Crippen LogP contribution in [-0.2, 0) is 13.7 Å². The van der Waals surface area contributed by atoms with E-state index in [9.17, 15) is 9.90 Å². The van der Waals surface area contributed by atoms with E-state index < -0.39 is 11.4 Å². The zero-order valence-corrected chi connectivity index (χ0v) is 12.1. The van der Waals surface area contributed by atoms with E-state index >= 15 is 0 Å². The number of azo groups is 1.